The molecule has 0 aliphatic rings. The van der Waals surface area contributed by atoms with E-state index in [9.17, 15) is 14.9 Å². The van der Waals surface area contributed by atoms with Gasteiger partial charge in [0.2, 0.25) is 0 Å². The minimum absolute atomic E-state index is 0.00184. The summed E-state index contributed by atoms with van der Waals surface area (Å²) in [5.74, 6) is -0.709. The van der Waals surface area contributed by atoms with Crippen molar-refractivity contribution in [1.29, 1.82) is 0 Å². The second kappa shape index (κ2) is 5.62. The van der Waals surface area contributed by atoms with Crippen LogP contribution in [-0.4, -0.2) is 16.0 Å². The van der Waals surface area contributed by atoms with Crippen molar-refractivity contribution in [3.8, 4) is 5.75 Å². The van der Waals surface area contributed by atoms with Crippen LogP contribution in [0.15, 0.2) is 34.9 Å². The number of hydrogen-bond acceptors (Lipinski definition) is 5. The molecule has 0 aliphatic heterocycles. The fraction of sp³-hybridized carbons (Fsp3) is 0.0833. The van der Waals surface area contributed by atoms with Gasteiger partial charge in [0.05, 0.1) is 11.2 Å². The Bertz CT molecular complexity index is 666. The van der Waals surface area contributed by atoms with Crippen LogP contribution in [0.3, 0.4) is 0 Å². The monoisotopic (exact) mass is 297 g/mol. The lowest BCUT2D eigenvalue weighted by Gasteiger charge is -2.05. The van der Waals surface area contributed by atoms with Gasteiger partial charge in [0.15, 0.2) is 5.76 Å². The molecular formula is C12H8ClNO6. The third-order valence-corrected chi connectivity index (χ3v) is 2.76. The molecule has 1 aromatic heterocycles. The number of carboxylic acids is 1. The van der Waals surface area contributed by atoms with Crippen molar-refractivity contribution in [2.45, 2.75) is 6.61 Å². The van der Waals surface area contributed by atoms with Crippen LogP contribution in [0.1, 0.15) is 16.1 Å². The fourth-order valence-electron chi connectivity index (χ4n) is 1.52. The summed E-state index contributed by atoms with van der Waals surface area (Å²) >= 11 is 5.73. The predicted molar refractivity (Wildman–Crippen MR) is 68.1 cm³/mol. The van der Waals surface area contributed by atoms with Crippen LogP contribution in [-0.2, 0) is 6.61 Å². The van der Waals surface area contributed by atoms with Gasteiger partial charge in [-0.05, 0) is 12.1 Å². The molecule has 0 atom stereocenters. The summed E-state index contributed by atoms with van der Waals surface area (Å²) in [6.07, 6.45) is 1.24. The van der Waals surface area contributed by atoms with E-state index in [1.807, 2.05) is 0 Å². The zero-order chi connectivity index (χ0) is 14.7. The van der Waals surface area contributed by atoms with Gasteiger partial charge in [-0.2, -0.15) is 0 Å². The Kier molecular flexibility index (Phi) is 3.90. The highest BCUT2D eigenvalue weighted by Gasteiger charge is 2.15. The first-order chi connectivity index (χ1) is 9.49. The van der Waals surface area contributed by atoms with Crippen LogP contribution < -0.4 is 4.74 Å². The molecule has 8 heteroatoms. The number of benzene rings is 1. The molecule has 1 N–H and O–H groups in total. The lowest BCUT2D eigenvalue weighted by Crippen LogP contribution is -2.02. The topological polar surface area (TPSA) is 103 Å². The zero-order valence-corrected chi connectivity index (χ0v) is 10.7. The average Bonchev–Trinajstić information content (AvgIpc) is 2.84. The van der Waals surface area contributed by atoms with Crippen molar-refractivity contribution in [3.63, 3.8) is 0 Å². The number of carboxylic acid groups (broad SMARTS) is 1. The zero-order valence-electron chi connectivity index (χ0n) is 9.91. The van der Waals surface area contributed by atoms with Gasteiger partial charge >= 0.3 is 5.97 Å². The van der Waals surface area contributed by atoms with Crippen molar-refractivity contribution in [1.82, 2.24) is 0 Å². The number of nitro groups is 1. The maximum Gasteiger partial charge on any atom is 0.339 e. The van der Waals surface area contributed by atoms with E-state index in [1.165, 1.54) is 30.5 Å². The van der Waals surface area contributed by atoms with E-state index in [0.717, 1.165) is 0 Å². The Balaban J connectivity index is 2.11. The number of ether oxygens (including phenoxy) is 1. The highest BCUT2D eigenvalue weighted by Crippen LogP contribution is 2.28. The van der Waals surface area contributed by atoms with Crippen LogP contribution in [0.4, 0.5) is 5.69 Å². The Morgan fingerprint density at radius 3 is 2.80 bits per heavy atom. The van der Waals surface area contributed by atoms with Gasteiger partial charge in [-0.1, -0.05) is 11.6 Å². The summed E-state index contributed by atoms with van der Waals surface area (Å²) in [4.78, 5) is 20.8. The third-order valence-electron chi connectivity index (χ3n) is 2.46. The minimum Gasteiger partial charge on any atom is -0.486 e. The molecule has 0 saturated heterocycles. The summed E-state index contributed by atoms with van der Waals surface area (Å²) in [5.41, 5.74) is -0.235. The summed E-state index contributed by atoms with van der Waals surface area (Å²) in [6, 6.07) is 5.16. The first kappa shape index (κ1) is 13.9. The van der Waals surface area contributed by atoms with Gasteiger partial charge in [-0.25, -0.2) is 4.79 Å². The second-order valence-electron chi connectivity index (χ2n) is 3.72. The molecule has 104 valence electrons. The molecule has 20 heavy (non-hydrogen) atoms. The second-order valence-corrected chi connectivity index (χ2v) is 4.13. The normalized spacial score (nSPS) is 10.2. The molecule has 2 aromatic rings. The summed E-state index contributed by atoms with van der Waals surface area (Å²) in [5, 5.41) is 19.4. The number of rotatable bonds is 5. The summed E-state index contributed by atoms with van der Waals surface area (Å²) < 4.78 is 10.3. The molecule has 1 aromatic carbocycles. The van der Waals surface area contributed by atoms with Gasteiger partial charge in [0.1, 0.15) is 22.9 Å². The number of aromatic carboxylic acids is 1. The predicted octanol–water partition coefficient (Wildman–Crippen LogP) is 3.12. The molecule has 0 radical (unpaired) electrons. The number of halogens is 1. The van der Waals surface area contributed by atoms with Gasteiger partial charge in [-0.15, -0.1) is 0 Å². The molecule has 0 amide bonds. The SMILES string of the molecule is O=C(O)c1ccoc1COc1ccc([N+](=O)[O-])c(Cl)c1. The van der Waals surface area contributed by atoms with E-state index in [2.05, 4.69) is 0 Å². The number of hydrogen-bond donors (Lipinski definition) is 1. The van der Waals surface area contributed by atoms with Crippen LogP contribution >= 0.6 is 11.6 Å². The van der Waals surface area contributed by atoms with E-state index < -0.39 is 10.9 Å². The average molecular weight is 298 g/mol. The molecule has 0 bridgehead atoms. The van der Waals surface area contributed by atoms with E-state index in [4.69, 9.17) is 25.9 Å². The van der Waals surface area contributed by atoms with Crippen LogP contribution in [0, 0.1) is 10.1 Å². The minimum atomic E-state index is -1.13. The Morgan fingerprint density at radius 2 is 2.20 bits per heavy atom. The molecule has 0 unspecified atom stereocenters. The number of nitrogens with zero attached hydrogens (tertiary/aromatic N) is 1. The van der Waals surface area contributed by atoms with Crippen LogP contribution in [0.5, 0.6) is 5.75 Å². The molecule has 1 heterocycles. The Hall–Kier alpha value is -2.54. The molecule has 7 nitrogen and oxygen atoms in total. The Labute approximate surface area is 117 Å². The lowest BCUT2D eigenvalue weighted by molar-refractivity contribution is -0.384. The maximum absolute atomic E-state index is 10.9. The number of furan rings is 1. The molecular weight excluding hydrogens is 290 g/mol. The third kappa shape index (κ3) is 2.89. The van der Waals surface area contributed by atoms with Gasteiger partial charge in [0.25, 0.3) is 5.69 Å². The quantitative estimate of drug-likeness (QED) is 0.672. The number of nitro benzene ring substituents is 1. The van der Waals surface area contributed by atoms with Gasteiger partial charge < -0.3 is 14.3 Å². The van der Waals surface area contributed by atoms with Gasteiger partial charge in [-0.3, -0.25) is 10.1 Å². The van der Waals surface area contributed by atoms with Crippen molar-refractivity contribution < 1.29 is 24.0 Å². The molecule has 0 saturated carbocycles. The summed E-state index contributed by atoms with van der Waals surface area (Å²) in [7, 11) is 0. The van der Waals surface area contributed by atoms with Crippen molar-refractivity contribution in [2.75, 3.05) is 0 Å². The van der Waals surface area contributed by atoms with E-state index >= 15 is 0 Å². The van der Waals surface area contributed by atoms with E-state index in [1.54, 1.807) is 0 Å². The van der Waals surface area contributed by atoms with E-state index in [0.29, 0.717) is 0 Å². The van der Waals surface area contributed by atoms with Crippen LogP contribution in [0.2, 0.25) is 5.02 Å². The largest absolute Gasteiger partial charge is 0.486 e. The highest BCUT2D eigenvalue weighted by atomic mass is 35.5. The molecule has 0 aliphatic carbocycles. The standard InChI is InChI=1S/C12H8ClNO6/c13-9-5-7(1-2-10(9)14(17)18)20-6-11-8(12(15)16)3-4-19-11/h1-5H,6H2,(H,15,16). The highest BCUT2D eigenvalue weighted by molar-refractivity contribution is 6.32. The summed E-state index contributed by atoms with van der Waals surface area (Å²) in [6.45, 7) is -0.122. The van der Waals surface area contributed by atoms with Crippen molar-refractivity contribution >= 4 is 23.3 Å². The maximum atomic E-state index is 10.9. The first-order valence-corrected chi connectivity index (χ1v) is 5.73. The molecule has 2 rings (SSSR count). The van der Waals surface area contributed by atoms with E-state index in [-0.39, 0.29) is 34.4 Å². The van der Waals surface area contributed by atoms with Crippen molar-refractivity contribution in [3.05, 3.63) is 57.0 Å². The van der Waals surface area contributed by atoms with Gasteiger partial charge in [0, 0.05) is 12.1 Å². The molecule has 0 spiro atoms. The first-order valence-electron chi connectivity index (χ1n) is 5.35. The van der Waals surface area contributed by atoms with Crippen LogP contribution in [0.25, 0.3) is 0 Å². The van der Waals surface area contributed by atoms with Crippen molar-refractivity contribution in [2.24, 2.45) is 0 Å². The molecule has 0 fully saturated rings. The fourth-order valence-corrected chi connectivity index (χ4v) is 1.76. The lowest BCUT2D eigenvalue weighted by atomic mass is 10.2. The Morgan fingerprint density at radius 1 is 1.45 bits per heavy atom. The smallest absolute Gasteiger partial charge is 0.339 e. The number of carbonyl (C=O) groups is 1.